The lowest BCUT2D eigenvalue weighted by Crippen LogP contribution is -2.39. The van der Waals surface area contributed by atoms with Gasteiger partial charge in [0, 0.05) is 33.8 Å². The zero-order valence-electron chi connectivity index (χ0n) is 18.3. The highest BCUT2D eigenvalue weighted by molar-refractivity contribution is 7.17. The number of hydrogen-bond donors (Lipinski definition) is 3. The van der Waals surface area contributed by atoms with Gasteiger partial charge < -0.3 is 20.1 Å². The molecule has 2 heterocycles. The molecule has 0 bridgehead atoms. The zero-order chi connectivity index (χ0) is 22.9. The fourth-order valence-corrected chi connectivity index (χ4v) is 5.33. The third-order valence-electron chi connectivity index (χ3n) is 6.49. The monoisotopic (exact) mass is 450 g/mol. The average molecular weight is 451 g/mol. The second-order valence-corrected chi connectivity index (χ2v) is 8.82. The first-order valence-electron chi connectivity index (χ1n) is 10.6. The maximum absolute atomic E-state index is 12.5. The van der Waals surface area contributed by atoms with Crippen LogP contribution in [0.1, 0.15) is 32.3 Å². The van der Waals surface area contributed by atoms with Crippen LogP contribution in [0.5, 0.6) is 5.75 Å². The van der Waals surface area contributed by atoms with Crippen LogP contribution in [-0.2, 0) is 5.41 Å². The van der Waals surface area contributed by atoms with Gasteiger partial charge in [-0.05, 0) is 47.5 Å². The van der Waals surface area contributed by atoms with E-state index in [4.69, 9.17) is 9.84 Å². The predicted molar refractivity (Wildman–Crippen MR) is 130 cm³/mol. The van der Waals surface area contributed by atoms with E-state index in [1.807, 2.05) is 23.6 Å². The highest BCUT2D eigenvalue weighted by atomic mass is 32.1. The topological polar surface area (TPSA) is 91.4 Å². The van der Waals surface area contributed by atoms with E-state index in [0.29, 0.717) is 11.2 Å². The predicted octanol–water partition coefficient (Wildman–Crippen LogP) is 5.74. The summed E-state index contributed by atoms with van der Waals surface area (Å²) in [5.74, 6) is 0.731. The maximum Gasteiger partial charge on any atom is 0.404 e. The molecule has 0 saturated heterocycles. The quantitative estimate of drug-likeness (QED) is 0.335. The van der Waals surface area contributed by atoms with Crippen molar-refractivity contribution in [2.45, 2.75) is 32.1 Å². The molecule has 0 atom stereocenters. The Morgan fingerprint density at radius 3 is 2.47 bits per heavy atom. The Hall–Kier alpha value is -3.32. The van der Waals surface area contributed by atoms with Crippen LogP contribution in [0, 0.1) is 0 Å². The minimum atomic E-state index is -1.01. The van der Waals surface area contributed by atoms with Crippen molar-refractivity contribution in [1.82, 2.24) is 10.3 Å². The smallest absolute Gasteiger partial charge is 0.404 e. The third-order valence-corrected chi connectivity index (χ3v) is 7.41. The van der Waals surface area contributed by atoms with Crippen molar-refractivity contribution in [2.24, 2.45) is 0 Å². The number of H-pyrrole nitrogens is 1. The second kappa shape index (κ2) is 8.67. The Balaban J connectivity index is 1.89. The minimum absolute atomic E-state index is 0.0874. The van der Waals surface area contributed by atoms with Gasteiger partial charge in [-0.2, -0.15) is 0 Å². The number of pyridine rings is 1. The van der Waals surface area contributed by atoms with Crippen LogP contribution in [0.3, 0.4) is 0 Å². The molecule has 0 radical (unpaired) electrons. The molecule has 0 aliphatic heterocycles. The van der Waals surface area contributed by atoms with E-state index >= 15 is 0 Å². The molecule has 4 aromatic rings. The van der Waals surface area contributed by atoms with E-state index < -0.39 is 6.09 Å². The SMILES string of the molecule is CCC(CC)(CNC(=O)O)c1ccc(-c2c(OC)ccc3[nH]c(=O)c4sccc4c23)cc1. The molecule has 6 nitrogen and oxygen atoms in total. The second-order valence-electron chi connectivity index (χ2n) is 7.91. The Morgan fingerprint density at radius 2 is 1.84 bits per heavy atom. The zero-order valence-corrected chi connectivity index (χ0v) is 19.1. The Labute approximate surface area is 189 Å². The summed E-state index contributed by atoms with van der Waals surface area (Å²) < 4.78 is 6.40. The number of nitrogens with one attached hydrogen (secondary N) is 2. The number of rotatable bonds is 7. The minimum Gasteiger partial charge on any atom is -0.496 e. The highest BCUT2D eigenvalue weighted by Gasteiger charge is 2.29. The van der Waals surface area contributed by atoms with Gasteiger partial charge in [0.1, 0.15) is 10.4 Å². The van der Waals surface area contributed by atoms with Crippen molar-refractivity contribution in [1.29, 1.82) is 0 Å². The molecule has 32 heavy (non-hydrogen) atoms. The average Bonchev–Trinajstić information content (AvgIpc) is 3.30. The van der Waals surface area contributed by atoms with E-state index in [9.17, 15) is 9.59 Å². The van der Waals surface area contributed by atoms with E-state index in [0.717, 1.165) is 51.6 Å². The number of benzene rings is 2. The molecule has 3 N–H and O–H groups in total. The first kappa shape index (κ1) is 21.9. The molecule has 0 spiro atoms. The number of ether oxygens (including phenoxy) is 1. The number of carbonyl (C=O) groups is 1. The van der Waals surface area contributed by atoms with Gasteiger partial charge in [-0.1, -0.05) is 38.1 Å². The molecule has 0 aliphatic carbocycles. The first-order valence-corrected chi connectivity index (χ1v) is 11.5. The van der Waals surface area contributed by atoms with Crippen molar-refractivity contribution in [3.05, 3.63) is 63.8 Å². The van der Waals surface area contributed by atoms with Crippen LogP contribution >= 0.6 is 11.3 Å². The summed E-state index contributed by atoms with van der Waals surface area (Å²) >= 11 is 1.43. The Morgan fingerprint density at radius 1 is 1.12 bits per heavy atom. The number of aromatic nitrogens is 1. The largest absolute Gasteiger partial charge is 0.496 e. The van der Waals surface area contributed by atoms with E-state index in [2.05, 4.69) is 48.4 Å². The summed E-state index contributed by atoms with van der Waals surface area (Å²) in [6.45, 7) is 4.53. The van der Waals surface area contributed by atoms with Gasteiger partial charge in [0.25, 0.3) is 5.56 Å². The number of methoxy groups -OCH3 is 1. The number of amides is 1. The lowest BCUT2D eigenvalue weighted by molar-refractivity contribution is 0.190. The Kier molecular flexibility index (Phi) is 5.93. The van der Waals surface area contributed by atoms with Crippen molar-refractivity contribution in [3.8, 4) is 16.9 Å². The van der Waals surface area contributed by atoms with Gasteiger partial charge in [0.15, 0.2) is 0 Å². The standard InChI is InChI=1S/C25H26N2O4S/c1-4-25(5-2,14-26-24(29)30)16-8-6-15(7-9-16)20-19(31-3)11-10-18-21(20)17-12-13-32-22(17)23(28)27-18/h6-13,26H,4-5,14H2,1-3H3,(H,27,28)(H,29,30). The number of hydrogen-bond acceptors (Lipinski definition) is 4. The molecular formula is C25H26N2O4S. The fraction of sp³-hybridized carbons (Fsp3) is 0.280. The Bertz CT molecular complexity index is 1330. The van der Waals surface area contributed by atoms with Crippen molar-refractivity contribution < 1.29 is 14.6 Å². The van der Waals surface area contributed by atoms with Gasteiger partial charge in [-0.3, -0.25) is 4.79 Å². The highest BCUT2D eigenvalue weighted by Crippen LogP contribution is 2.41. The summed E-state index contributed by atoms with van der Waals surface area (Å²) in [6.07, 6.45) is 0.622. The van der Waals surface area contributed by atoms with Gasteiger partial charge in [0.2, 0.25) is 0 Å². The number of aromatic amines is 1. The van der Waals surface area contributed by atoms with Crippen LogP contribution in [-0.4, -0.2) is 29.8 Å². The van der Waals surface area contributed by atoms with Crippen molar-refractivity contribution >= 4 is 38.4 Å². The van der Waals surface area contributed by atoms with Crippen LogP contribution in [0.25, 0.3) is 32.1 Å². The summed E-state index contributed by atoms with van der Waals surface area (Å²) in [7, 11) is 1.65. The summed E-state index contributed by atoms with van der Waals surface area (Å²) in [5.41, 5.74) is 3.40. The summed E-state index contributed by atoms with van der Waals surface area (Å²) in [4.78, 5) is 26.6. The fourth-order valence-electron chi connectivity index (χ4n) is 4.53. The molecule has 166 valence electrons. The van der Waals surface area contributed by atoms with Crippen molar-refractivity contribution in [2.75, 3.05) is 13.7 Å². The molecule has 0 saturated carbocycles. The number of fused-ring (bicyclic) bond motifs is 3. The van der Waals surface area contributed by atoms with Gasteiger partial charge in [-0.25, -0.2) is 4.79 Å². The van der Waals surface area contributed by atoms with Crippen LogP contribution in [0.4, 0.5) is 4.79 Å². The van der Waals surface area contributed by atoms with Crippen LogP contribution < -0.4 is 15.6 Å². The molecule has 2 aromatic heterocycles. The molecule has 0 unspecified atom stereocenters. The molecule has 0 aliphatic rings. The molecule has 2 aromatic carbocycles. The number of thiophene rings is 1. The molecule has 1 amide bonds. The summed E-state index contributed by atoms with van der Waals surface area (Å²) in [6, 6.07) is 14.0. The van der Waals surface area contributed by atoms with Crippen molar-refractivity contribution in [3.63, 3.8) is 0 Å². The van der Waals surface area contributed by atoms with Gasteiger partial charge in [0.05, 0.1) is 7.11 Å². The van der Waals surface area contributed by atoms with Gasteiger partial charge in [-0.15, -0.1) is 11.3 Å². The number of carboxylic acid groups (broad SMARTS) is 1. The third kappa shape index (κ3) is 3.62. The van der Waals surface area contributed by atoms with Crippen LogP contribution in [0.15, 0.2) is 52.6 Å². The van der Waals surface area contributed by atoms with E-state index in [1.54, 1.807) is 7.11 Å². The molecule has 0 fully saturated rings. The lowest BCUT2D eigenvalue weighted by atomic mass is 9.75. The molecular weight excluding hydrogens is 424 g/mol. The van der Waals surface area contributed by atoms with E-state index in [-0.39, 0.29) is 11.0 Å². The molecule has 4 rings (SSSR count). The van der Waals surface area contributed by atoms with E-state index in [1.165, 1.54) is 11.3 Å². The van der Waals surface area contributed by atoms with Gasteiger partial charge >= 0.3 is 6.09 Å². The lowest BCUT2D eigenvalue weighted by Gasteiger charge is -2.32. The first-order chi connectivity index (χ1) is 15.4. The normalized spacial score (nSPS) is 11.7. The molecule has 7 heteroatoms. The maximum atomic E-state index is 12.5. The summed E-state index contributed by atoms with van der Waals surface area (Å²) in [5, 5.41) is 15.5. The van der Waals surface area contributed by atoms with Crippen LogP contribution in [0.2, 0.25) is 0 Å².